The van der Waals surface area contributed by atoms with Crippen LogP contribution in [-0.2, 0) is 0 Å². The minimum atomic E-state index is 0.318. The van der Waals surface area contributed by atoms with Crippen molar-refractivity contribution in [2.24, 2.45) is 0 Å². The third kappa shape index (κ3) is 4.19. The monoisotopic (exact) mass is 268 g/mol. The third-order valence-electron chi connectivity index (χ3n) is 5.43. The number of hydrogen-bond donors (Lipinski definition) is 1. The van der Waals surface area contributed by atoms with E-state index in [0.29, 0.717) is 11.1 Å². The molecule has 19 heavy (non-hydrogen) atoms. The summed E-state index contributed by atoms with van der Waals surface area (Å²) in [4.78, 5) is 2.81. The van der Waals surface area contributed by atoms with Crippen molar-refractivity contribution in [1.29, 1.82) is 0 Å². The van der Waals surface area contributed by atoms with E-state index in [1.807, 2.05) is 0 Å². The van der Waals surface area contributed by atoms with Gasteiger partial charge in [-0.15, -0.1) is 0 Å². The molecule has 1 saturated heterocycles. The van der Waals surface area contributed by atoms with E-state index in [1.165, 1.54) is 58.0 Å². The summed E-state index contributed by atoms with van der Waals surface area (Å²) in [6, 6.07) is 0. The van der Waals surface area contributed by atoms with Crippen LogP contribution >= 0.6 is 0 Å². The van der Waals surface area contributed by atoms with Crippen LogP contribution in [0.3, 0.4) is 0 Å². The number of nitrogens with zero attached hydrogens (tertiary/aromatic N) is 1. The zero-order valence-corrected chi connectivity index (χ0v) is 14.0. The predicted octanol–water partition coefficient (Wildman–Crippen LogP) is 4.20. The Bertz CT molecular complexity index is 248. The van der Waals surface area contributed by atoms with Gasteiger partial charge in [-0.3, -0.25) is 4.90 Å². The molecule has 0 aromatic heterocycles. The number of piperazine rings is 1. The molecule has 1 fully saturated rings. The summed E-state index contributed by atoms with van der Waals surface area (Å²) < 4.78 is 0. The minimum absolute atomic E-state index is 0.318. The van der Waals surface area contributed by atoms with Gasteiger partial charge in [-0.25, -0.2) is 0 Å². The molecule has 1 atom stereocenters. The zero-order chi connectivity index (χ0) is 14.4. The number of nitrogens with one attached hydrogen (secondary N) is 1. The van der Waals surface area contributed by atoms with Gasteiger partial charge < -0.3 is 5.32 Å². The zero-order valence-electron chi connectivity index (χ0n) is 14.0. The Morgan fingerprint density at radius 2 is 1.63 bits per heavy atom. The van der Waals surface area contributed by atoms with E-state index in [-0.39, 0.29) is 0 Å². The fourth-order valence-corrected chi connectivity index (χ4v) is 3.36. The second kappa shape index (κ2) is 7.64. The Kier molecular flexibility index (Phi) is 6.82. The van der Waals surface area contributed by atoms with Gasteiger partial charge >= 0.3 is 0 Å². The molecule has 0 saturated carbocycles. The number of rotatable bonds is 8. The van der Waals surface area contributed by atoms with E-state index in [2.05, 4.69) is 44.8 Å². The highest BCUT2D eigenvalue weighted by atomic mass is 15.3. The lowest BCUT2D eigenvalue weighted by molar-refractivity contribution is 0.00128. The normalized spacial score (nSPS) is 27.6. The lowest BCUT2D eigenvalue weighted by atomic mass is 9.82. The maximum Gasteiger partial charge on any atom is 0.0329 e. The quantitative estimate of drug-likeness (QED) is 0.664. The summed E-state index contributed by atoms with van der Waals surface area (Å²) in [6.45, 7) is 15.4. The molecule has 2 nitrogen and oxygen atoms in total. The summed E-state index contributed by atoms with van der Waals surface area (Å²) in [7, 11) is 0. The predicted molar refractivity (Wildman–Crippen MR) is 85.7 cm³/mol. The van der Waals surface area contributed by atoms with Gasteiger partial charge in [-0.05, 0) is 39.2 Å². The van der Waals surface area contributed by atoms with Crippen LogP contribution in [0.4, 0.5) is 0 Å². The fraction of sp³-hybridized carbons (Fsp3) is 1.00. The SMILES string of the molecule is CCCCCCN1CC(C)(CC)NCC1(CC)CC. The van der Waals surface area contributed by atoms with E-state index in [0.717, 1.165) is 6.54 Å². The molecule has 1 heterocycles. The highest BCUT2D eigenvalue weighted by Gasteiger charge is 2.42. The van der Waals surface area contributed by atoms with E-state index in [9.17, 15) is 0 Å². The Morgan fingerprint density at radius 3 is 2.16 bits per heavy atom. The Hall–Kier alpha value is -0.0800. The molecule has 0 aliphatic carbocycles. The topological polar surface area (TPSA) is 15.3 Å². The van der Waals surface area contributed by atoms with E-state index < -0.39 is 0 Å². The van der Waals surface area contributed by atoms with E-state index >= 15 is 0 Å². The summed E-state index contributed by atoms with van der Waals surface area (Å²) in [5.41, 5.74) is 0.722. The first-order valence-electron chi connectivity index (χ1n) is 8.56. The largest absolute Gasteiger partial charge is 0.308 e. The highest BCUT2D eigenvalue weighted by Crippen LogP contribution is 2.31. The van der Waals surface area contributed by atoms with Crippen molar-refractivity contribution in [3.63, 3.8) is 0 Å². The average Bonchev–Trinajstić information content (AvgIpc) is 2.44. The van der Waals surface area contributed by atoms with Crippen molar-refractivity contribution in [3.05, 3.63) is 0 Å². The Labute approximate surface area is 121 Å². The minimum Gasteiger partial charge on any atom is -0.308 e. The molecule has 0 amide bonds. The first-order chi connectivity index (χ1) is 9.05. The van der Waals surface area contributed by atoms with Crippen LogP contribution in [0.25, 0.3) is 0 Å². The van der Waals surface area contributed by atoms with Crippen molar-refractivity contribution < 1.29 is 0 Å². The molecule has 0 bridgehead atoms. The van der Waals surface area contributed by atoms with Gasteiger partial charge in [0.25, 0.3) is 0 Å². The maximum absolute atomic E-state index is 3.83. The molecule has 0 spiro atoms. The van der Waals surface area contributed by atoms with Crippen molar-refractivity contribution in [1.82, 2.24) is 10.2 Å². The summed E-state index contributed by atoms with van der Waals surface area (Å²) >= 11 is 0. The van der Waals surface area contributed by atoms with Crippen LogP contribution in [0.1, 0.15) is 79.6 Å². The van der Waals surface area contributed by atoms with Crippen LogP contribution in [0, 0.1) is 0 Å². The third-order valence-corrected chi connectivity index (χ3v) is 5.43. The van der Waals surface area contributed by atoms with E-state index in [4.69, 9.17) is 0 Å². The number of hydrogen-bond acceptors (Lipinski definition) is 2. The van der Waals surface area contributed by atoms with Gasteiger partial charge in [0.2, 0.25) is 0 Å². The van der Waals surface area contributed by atoms with Crippen molar-refractivity contribution in [3.8, 4) is 0 Å². The van der Waals surface area contributed by atoms with E-state index in [1.54, 1.807) is 0 Å². The molecule has 1 unspecified atom stereocenters. The first kappa shape index (κ1) is 17.0. The Morgan fingerprint density at radius 1 is 0.947 bits per heavy atom. The van der Waals surface area contributed by atoms with Crippen molar-refractivity contribution in [2.75, 3.05) is 19.6 Å². The highest BCUT2D eigenvalue weighted by molar-refractivity contribution is 5.02. The fourth-order valence-electron chi connectivity index (χ4n) is 3.36. The first-order valence-corrected chi connectivity index (χ1v) is 8.56. The Balaban J connectivity index is 2.65. The molecule has 0 aromatic carbocycles. The van der Waals surface area contributed by atoms with Gasteiger partial charge in [0.1, 0.15) is 0 Å². The van der Waals surface area contributed by atoms with Gasteiger partial charge in [-0.1, -0.05) is 47.0 Å². The number of unbranched alkanes of at least 4 members (excludes halogenated alkanes) is 3. The molecular formula is C17H36N2. The lowest BCUT2D eigenvalue weighted by Crippen LogP contribution is -2.68. The molecule has 0 aromatic rings. The van der Waals surface area contributed by atoms with Gasteiger partial charge in [0.05, 0.1) is 0 Å². The molecule has 1 N–H and O–H groups in total. The van der Waals surface area contributed by atoms with Crippen LogP contribution in [-0.4, -0.2) is 35.6 Å². The van der Waals surface area contributed by atoms with Gasteiger partial charge in [0.15, 0.2) is 0 Å². The van der Waals surface area contributed by atoms with Gasteiger partial charge in [-0.2, -0.15) is 0 Å². The molecule has 114 valence electrons. The van der Waals surface area contributed by atoms with Crippen LogP contribution in [0.2, 0.25) is 0 Å². The lowest BCUT2D eigenvalue weighted by Gasteiger charge is -2.53. The maximum atomic E-state index is 3.83. The summed E-state index contributed by atoms with van der Waals surface area (Å²) in [5.74, 6) is 0. The molecular weight excluding hydrogens is 232 g/mol. The second-order valence-corrected chi connectivity index (χ2v) is 6.68. The smallest absolute Gasteiger partial charge is 0.0329 e. The molecule has 1 aliphatic rings. The molecule has 1 rings (SSSR count). The molecule has 1 aliphatic heterocycles. The van der Waals surface area contributed by atoms with Crippen LogP contribution < -0.4 is 5.32 Å². The summed E-state index contributed by atoms with van der Waals surface area (Å²) in [6.07, 6.45) is 9.25. The molecule has 0 radical (unpaired) electrons. The van der Waals surface area contributed by atoms with Gasteiger partial charge in [0, 0.05) is 24.2 Å². The van der Waals surface area contributed by atoms with Crippen molar-refractivity contribution >= 4 is 0 Å². The average molecular weight is 268 g/mol. The summed E-state index contributed by atoms with van der Waals surface area (Å²) in [5, 5.41) is 3.83. The van der Waals surface area contributed by atoms with Crippen LogP contribution in [0.15, 0.2) is 0 Å². The van der Waals surface area contributed by atoms with Crippen molar-refractivity contribution in [2.45, 2.75) is 90.6 Å². The second-order valence-electron chi connectivity index (χ2n) is 6.68. The standard InChI is InChI=1S/C17H36N2/c1-6-10-11-12-13-19-15-16(5,7-2)18-14-17(19,8-3)9-4/h18H,6-15H2,1-5H3. The van der Waals surface area contributed by atoms with Crippen LogP contribution in [0.5, 0.6) is 0 Å². The molecule has 2 heteroatoms.